The van der Waals surface area contributed by atoms with Crippen molar-refractivity contribution in [1.29, 1.82) is 0 Å². The monoisotopic (exact) mass is 330 g/mol. The number of para-hydroxylation sites is 1. The fourth-order valence-electron chi connectivity index (χ4n) is 2.57. The Labute approximate surface area is 135 Å². The number of rotatable bonds is 4. The van der Waals surface area contributed by atoms with Crippen molar-refractivity contribution in [2.24, 2.45) is 5.92 Å². The van der Waals surface area contributed by atoms with Crippen molar-refractivity contribution in [1.82, 2.24) is 0 Å². The summed E-state index contributed by atoms with van der Waals surface area (Å²) >= 11 is 0. The van der Waals surface area contributed by atoms with Crippen molar-refractivity contribution in [2.45, 2.75) is 6.42 Å². The fraction of sp³-hybridized carbons (Fsp3) is 0.235. The predicted molar refractivity (Wildman–Crippen MR) is 91.6 cm³/mol. The minimum Gasteiger partial charge on any atom is -0.356 e. The van der Waals surface area contributed by atoms with Gasteiger partial charge in [-0.1, -0.05) is 18.2 Å². The molecule has 1 fully saturated rings. The van der Waals surface area contributed by atoms with Gasteiger partial charge in [-0.3, -0.25) is 4.79 Å². The van der Waals surface area contributed by atoms with Crippen LogP contribution in [0, 0.1) is 5.92 Å². The third-order valence-corrected chi connectivity index (χ3v) is 5.59. The van der Waals surface area contributed by atoms with Crippen LogP contribution in [0.3, 0.4) is 0 Å². The van der Waals surface area contributed by atoms with Crippen LogP contribution in [0.2, 0.25) is 0 Å². The second-order valence-corrected chi connectivity index (χ2v) is 7.89. The first-order chi connectivity index (χ1) is 11.0. The highest BCUT2D eigenvalue weighted by molar-refractivity contribution is 7.91. The van der Waals surface area contributed by atoms with Crippen molar-refractivity contribution >= 4 is 32.8 Å². The van der Waals surface area contributed by atoms with Gasteiger partial charge in [0.1, 0.15) is 0 Å². The first-order valence-corrected chi connectivity index (χ1v) is 9.27. The number of amides is 1. The molecule has 0 radical (unpaired) electrons. The maximum atomic E-state index is 12.1. The molecule has 0 aromatic heterocycles. The number of benzene rings is 2. The molecule has 0 aliphatic carbocycles. The number of sulfone groups is 1. The molecule has 1 atom stereocenters. The Morgan fingerprint density at radius 1 is 0.913 bits per heavy atom. The maximum absolute atomic E-state index is 12.1. The number of hydrogen-bond donors (Lipinski definition) is 2. The normalized spacial score (nSPS) is 19.2. The second kappa shape index (κ2) is 6.42. The highest BCUT2D eigenvalue weighted by Gasteiger charge is 2.32. The van der Waals surface area contributed by atoms with Gasteiger partial charge in [0.25, 0.3) is 0 Å². The number of carbonyl (C=O) groups excluding carboxylic acids is 1. The molecule has 1 aliphatic heterocycles. The van der Waals surface area contributed by atoms with Gasteiger partial charge in [0.15, 0.2) is 9.84 Å². The highest BCUT2D eigenvalue weighted by Crippen LogP contribution is 2.22. The predicted octanol–water partition coefficient (Wildman–Crippen LogP) is 2.80. The molecule has 0 bridgehead atoms. The molecule has 0 spiro atoms. The van der Waals surface area contributed by atoms with Gasteiger partial charge in [-0.2, -0.15) is 0 Å². The van der Waals surface area contributed by atoms with E-state index in [9.17, 15) is 13.2 Å². The summed E-state index contributed by atoms with van der Waals surface area (Å²) in [5.41, 5.74) is 2.57. The first-order valence-electron chi connectivity index (χ1n) is 7.45. The van der Waals surface area contributed by atoms with E-state index in [1.807, 2.05) is 42.5 Å². The van der Waals surface area contributed by atoms with E-state index in [-0.39, 0.29) is 17.4 Å². The lowest BCUT2D eigenvalue weighted by Gasteiger charge is -2.11. The minimum absolute atomic E-state index is 0.0491. The van der Waals surface area contributed by atoms with Crippen LogP contribution in [-0.2, 0) is 14.6 Å². The maximum Gasteiger partial charge on any atom is 0.228 e. The number of hydrogen-bond acceptors (Lipinski definition) is 4. The van der Waals surface area contributed by atoms with E-state index in [0.717, 1.165) is 11.4 Å². The summed E-state index contributed by atoms with van der Waals surface area (Å²) in [6.45, 7) is 0. The van der Waals surface area contributed by atoms with E-state index in [1.54, 1.807) is 12.1 Å². The van der Waals surface area contributed by atoms with Crippen LogP contribution in [-0.4, -0.2) is 25.8 Å². The summed E-state index contributed by atoms with van der Waals surface area (Å²) in [6, 6.07) is 17.1. The Hall–Kier alpha value is -2.34. The standard InChI is InChI=1S/C17H18N2O3S/c20-17(13-10-11-23(21,22)12-13)19-16-8-6-15(7-9-16)18-14-4-2-1-3-5-14/h1-9,13,18H,10-12H2,(H,19,20)/t13-/m1/s1. The molecule has 0 saturated carbocycles. The van der Waals surface area contributed by atoms with Crippen molar-refractivity contribution in [3.8, 4) is 0 Å². The Morgan fingerprint density at radius 3 is 2.13 bits per heavy atom. The van der Waals surface area contributed by atoms with Crippen LogP contribution in [0.15, 0.2) is 54.6 Å². The smallest absolute Gasteiger partial charge is 0.228 e. The average Bonchev–Trinajstić information content (AvgIpc) is 2.90. The molecule has 23 heavy (non-hydrogen) atoms. The fourth-order valence-corrected chi connectivity index (χ4v) is 4.31. The summed E-state index contributed by atoms with van der Waals surface area (Å²) in [4.78, 5) is 12.1. The molecule has 1 aliphatic rings. The quantitative estimate of drug-likeness (QED) is 0.904. The first kappa shape index (κ1) is 15.6. The van der Waals surface area contributed by atoms with E-state index < -0.39 is 15.8 Å². The van der Waals surface area contributed by atoms with Crippen LogP contribution in [0.5, 0.6) is 0 Å². The molecule has 2 aromatic carbocycles. The molecule has 2 aromatic rings. The largest absolute Gasteiger partial charge is 0.356 e. The zero-order chi connectivity index (χ0) is 16.3. The molecular formula is C17H18N2O3S. The summed E-state index contributed by atoms with van der Waals surface area (Å²) in [5.74, 6) is -0.616. The average molecular weight is 330 g/mol. The van der Waals surface area contributed by atoms with Crippen molar-refractivity contribution < 1.29 is 13.2 Å². The topological polar surface area (TPSA) is 75.3 Å². The van der Waals surface area contributed by atoms with Gasteiger partial charge < -0.3 is 10.6 Å². The Kier molecular flexibility index (Phi) is 4.34. The van der Waals surface area contributed by atoms with Crippen LogP contribution in [0.4, 0.5) is 17.1 Å². The molecule has 2 N–H and O–H groups in total. The molecule has 120 valence electrons. The third-order valence-electron chi connectivity index (χ3n) is 3.82. The highest BCUT2D eigenvalue weighted by atomic mass is 32.2. The van der Waals surface area contributed by atoms with E-state index in [2.05, 4.69) is 10.6 Å². The van der Waals surface area contributed by atoms with E-state index in [1.165, 1.54) is 0 Å². The summed E-state index contributed by atoms with van der Waals surface area (Å²) in [5, 5.41) is 6.04. The van der Waals surface area contributed by atoms with Crippen molar-refractivity contribution in [2.75, 3.05) is 22.1 Å². The number of anilines is 3. The Balaban J connectivity index is 1.60. The lowest BCUT2D eigenvalue weighted by molar-refractivity contribution is -0.119. The van der Waals surface area contributed by atoms with Gasteiger partial charge in [-0.05, 0) is 42.8 Å². The molecule has 3 rings (SSSR count). The van der Waals surface area contributed by atoms with Crippen molar-refractivity contribution in [3.63, 3.8) is 0 Å². The Bertz CT molecular complexity index is 786. The van der Waals surface area contributed by atoms with Gasteiger partial charge in [0.2, 0.25) is 5.91 Å². The molecule has 1 heterocycles. The lowest BCUT2D eigenvalue weighted by Crippen LogP contribution is -2.23. The zero-order valence-corrected chi connectivity index (χ0v) is 13.3. The minimum atomic E-state index is -3.04. The van der Waals surface area contributed by atoms with E-state index >= 15 is 0 Å². The molecule has 0 unspecified atom stereocenters. The van der Waals surface area contributed by atoms with Gasteiger partial charge in [-0.15, -0.1) is 0 Å². The molecule has 6 heteroatoms. The van der Waals surface area contributed by atoms with Gasteiger partial charge in [0.05, 0.1) is 17.4 Å². The SMILES string of the molecule is O=C(Nc1ccc(Nc2ccccc2)cc1)[C@@H]1CCS(=O)(=O)C1. The molecule has 5 nitrogen and oxygen atoms in total. The van der Waals surface area contributed by atoms with Crippen LogP contribution >= 0.6 is 0 Å². The van der Waals surface area contributed by atoms with Gasteiger partial charge in [-0.25, -0.2) is 8.42 Å². The molecule has 1 amide bonds. The third kappa shape index (κ3) is 4.10. The van der Waals surface area contributed by atoms with Crippen molar-refractivity contribution in [3.05, 3.63) is 54.6 Å². The van der Waals surface area contributed by atoms with Crippen LogP contribution in [0.25, 0.3) is 0 Å². The summed E-state index contributed by atoms with van der Waals surface area (Å²) < 4.78 is 22.9. The lowest BCUT2D eigenvalue weighted by atomic mass is 10.1. The summed E-state index contributed by atoms with van der Waals surface area (Å²) in [6.07, 6.45) is 0.405. The van der Waals surface area contributed by atoms with Gasteiger partial charge in [0, 0.05) is 17.1 Å². The summed E-state index contributed by atoms with van der Waals surface area (Å²) in [7, 11) is -3.04. The Morgan fingerprint density at radius 2 is 1.52 bits per heavy atom. The molecular weight excluding hydrogens is 312 g/mol. The van der Waals surface area contributed by atoms with Crippen LogP contribution < -0.4 is 10.6 Å². The van der Waals surface area contributed by atoms with E-state index in [4.69, 9.17) is 0 Å². The van der Waals surface area contributed by atoms with E-state index in [0.29, 0.717) is 12.1 Å². The zero-order valence-electron chi connectivity index (χ0n) is 12.5. The van der Waals surface area contributed by atoms with Crippen LogP contribution in [0.1, 0.15) is 6.42 Å². The molecule has 1 saturated heterocycles. The second-order valence-electron chi connectivity index (χ2n) is 5.66. The number of nitrogens with one attached hydrogen (secondary N) is 2. The van der Waals surface area contributed by atoms with Gasteiger partial charge >= 0.3 is 0 Å². The number of carbonyl (C=O) groups is 1.